The Morgan fingerprint density at radius 3 is 2.94 bits per heavy atom. The van der Waals surface area contributed by atoms with Gasteiger partial charge in [-0.15, -0.1) is 0 Å². The normalized spacial score (nSPS) is 20.9. The Labute approximate surface area is 101 Å². The average molecular weight is 244 g/mol. The van der Waals surface area contributed by atoms with Crippen LogP contribution < -0.4 is 16.6 Å². The van der Waals surface area contributed by atoms with Crippen LogP contribution in [0.1, 0.15) is 12.8 Å². The van der Waals surface area contributed by atoms with Crippen molar-refractivity contribution in [3.05, 3.63) is 0 Å². The van der Waals surface area contributed by atoms with Gasteiger partial charge in [0.2, 0.25) is 11.8 Å². The topological polar surface area (TPSA) is 96.7 Å². The molecular weight excluding hydrogens is 224 g/mol. The Bertz CT molecular complexity index is 272. The summed E-state index contributed by atoms with van der Waals surface area (Å²) in [6.45, 7) is 2.43. The molecule has 0 bridgehead atoms. The zero-order valence-electron chi connectivity index (χ0n) is 10.1. The summed E-state index contributed by atoms with van der Waals surface area (Å²) in [5, 5.41) is 2.62. The number of rotatable bonds is 5. The minimum absolute atomic E-state index is 0.0482. The van der Waals surface area contributed by atoms with Crippen LogP contribution in [0.25, 0.3) is 0 Å². The first kappa shape index (κ1) is 13.9. The molecule has 7 nitrogen and oxygen atoms in total. The van der Waals surface area contributed by atoms with Crippen molar-refractivity contribution in [1.29, 1.82) is 0 Å². The maximum absolute atomic E-state index is 11.6. The molecule has 0 aromatic heterocycles. The van der Waals surface area contributed by atoms with Crippen LogP contribution in [0.2, 0.25) is 0 Å². The van der Waals surface area contributed by atoms with E-state index in [1.165, 1.54) is 0 Å². The third-order valence-electron chi connectivity index (χ3n) is 2.80. The van der Waals surface area contributed by atoms with Crippen molar-refractivity contribution in [2.24, 2.45) is 5.84 Å². The Kier molecular flexibility index (Phi) is 5.88. The van der Waals surface area contributed by atoms with E-state index in [2.05, 4.69) is 10.7 Å². The summed E-state index contributed by atoms with van der Waals surface area (Å²) in [5.41, 5.74) is 2.09. The number of nitrogens with two attached hydrogens (primary N) is 1. The molecule has 1 atom stereocenters. The Balaban J connectivity index is 2.37. The van der Waals surface area contributed by atoms with Gasteiger partial charge in [-0.3, -0.25) is 19.9 Å². The number of likely N-dealkylation sites (N-methyl/N-ethyl adjacent to an activating group) is 1. The predicted octanol–water partition coefficient (Wildman–Crippen LogP) is -1.80. The number of carbonyl (C=O) groups excluding carboxylic acids is 2. The molecule has 1 saturated heterocycles. The van der Waals surface area contributed by atoms with Crippen molar-refractivity contribution in [2.75, 3.05) is 33.4 Å². The Morgan fingerprint density at radius 1 is 1.53 bits per heavy atom. The maximum Gasteiger partial charge on any atom is 0.239 e. The molecule has 0 saturated carbocycles. The van der Waals surface area contributed by atoms with Crippen molar-refractivity contribution in [3.8, 4) is 0 Å². The predicted molar refractivity (Wildman–Crippen MR) is 61.8 cm³/mol. The molecule has 1 rings (SSSR count). The third-order valence-corrected chi connectivity index (χ3v) is 2.80. The molecule has 2 amide bonds. The minimum atomic E-state index is -0.255. The van der Waals surface area contributed by atoms with E-state index in [0.29, 0.717) is 39.1 Å². The zero-order valence-corrected chi connectivity index (χ0v) is 10.1. The molecule has 17 heavy (non-hydrogen) atoms. The maximum atomic E-state index is 11.6. The van der Waals surface area contributed by atoms with Crippen molar-refractivity contribution >= 4 is 11.8 Å². The van der Waals surface area contributed by atoms with E-state index in [0.717, 1.165) is 0 Å². The van der Waals surface area contributed by atoms with E-state index in [1.807, 2.05) is 4.90 Å². The molecule has 4 N–H and O–H groups in total. The molecule has 1 unspecified atom stereocenters. The van der Waals surface area contributed by atoms with Crippen LogP contribution in [-0.2, 0) is 14.3 Å². The van der Waals surface area contributed by atoms with Crippen LogP contribution in [0.3, 0.4) is 0 Å². The van der Waals surface area contributed by atoms with E-state index in [-0.39, 0.29) is 17.9 Å². The number of hydrogen-bond acceptors (Lipinski definition) is 5. The summed E-state index contributed by atoms with van der Waals surface area (Å²) in [7, 11) is 1.61. The van der Waals surface area contributed by atoms with Crippen LogP contribution in [0.5, 0.6) is 0 Å². The molecular formula is C10H20N4O3. The number of ether oxygens (including phenoxy) is 1. The van der Waals surface area contributed by atoms with Gasteiger partial charge in [0.05, 0.1) is 13.2 Å². The highest BCUT2D eigenvalue weighted by Crippen LogP contribution is 2.08. The fourth-order valence-electron chi connectivity index (χ4n) is 1.83. The summed E-state index contributed by atoms with van der Waals surface area (Å²) in [6, 6.07) is -0.255. The fraction of sp³-hybridized carbons (Fsp3) is 0.800. The number of hydrazine groups is 1. The molecule has 0 aromatic rings. The van der Waals surface area contributed by atoms with Crippen LogP contribution in [0, 0.1) is 0 Å². The molecule has 1 aliphatic heterocycles. The molecule has 0 radical (unpaired) electrons. The van der Waals surface area contributed by atoms with Gasteiger partial charge in [-0.1, -0.05) is 0 Å². The Morgan fingerprint density at radius 2 is 2.29 bits per heavy atom. The number of hydrogen-bond donors (Lipinski definition) is 3. The lowest BCUT2D eigenvalue weighted by Crippen LogP contribution is -2.53. The van der Waals surface area contributed by atoms with Crippen LogP contribution in [0.4, 0.5) is 0 Å². The molecule has 98 valence electrons. The number of carbonyl (C=O) groups is 2. The van der Waals surface area contributed by atoms with Gasteiger partial charge in [0, 0.05) is 20.0 Å². The van der Waals surface area contributed by atoms with Gasteiger partial charge in [-0.25, -0.2) is 5.84 Å². The lowest BCUT2D eigenvalue weighted by atomic mass is 10.2. The van der Waals surface area contributed by atoms with Gasteiger partial charge in [0.25, 0.3) is 0 Å². The highest BCUT2D eigenvalue weighted by atomic mass is 16.5. The van der Waals surface area contributed by atoms with Crippen LogP contribution in [-0.4, -0.2) is 56.1 Å². The largest absolute Gasteiger partial charge is 0.378 e. The van der Waals surface area contributed by atoms with Crippen molar-refractivity contribution in [2.45, 2.75) is 18.9 Å². The SMILES string of the molecule is CNC(=O)C1COCCN1CCCC(=O)NN. The van der Waals surface area contributed by atoms with Gasteiger partial charge in [-0.05, 0) is 13.0 Å². The lowest BCUT2D eigenvalue weighted by Gasteiger charge is -2.34. The summed E-state index contributed by atoms with van der Waals surface area (Å²) in [5.74, 6) is 4.76. The van der Waals surface area contributed by atoms with E-state index in [9.17, 15) is 9.59 Å². The fourth-order valence-corrected chi connectivity index (χ4v) is 1.83. The van der Waals surface area contributed by atoms with Crippen molar-refractivity contribution < 1.29 is 14.3 Å². The first-order valence-corrected chi connectivity index (χ1v) is 5.72. The smallest absolute Gasteiger partial charge is 0.239 e. The standard InChI is InChI=1S/C10H20N4O3/c1-12-10(16)8-7-17-6-5-14(8)4-2-3-9(15)13-11/h8H,2-7,11H2,1H3,(H,12,16)(H,13,15). The van der Waals surface area contributed by atoms with Crippen molar-refractivity contribution in [3.63, 3.8) is 0 Å². The number of nitrogens with zero attached hydrogens (tertiary/aromatic N) is 1. The van der Waals surface area contributed by atoms with Gasteiger partial charge in [0.15, 0.2) is 0 Å². The van der Waals surface area contributed by atoms with E-state index < -0.39 is 0 Å². The first-order valence-electron chi connectivity index (χ1n) is 5.72. The number of morpholine rings is 1. The van der Waals surface area contributed by atoms with Gasteiger partial charge < -0.3 is 10.1 Å². The molecule has 7 heteroatoms. The average Bonchev–Trinajstić information content (AvgIpc) is 2.38. The summed E-state index contributed by atoms with van der Waals surface area (Å²) >= 11 is 0. The molecule has 0 aliphatic carbocycles. The third kappa shape index (κ3) is 4.29. The van der Waals surface area contributed by atoms with E-state index in [1.54, 1.807) is 7.05 Å². The van der Waals surface area contributed by atoms with Crippen LogP contribution in [0.15, 0.2) is 0 Å². The zero-order chi connectivity index (χ0) is 12.7. The summed E-state index contributed by atoms with van der Waals surface area (Å²) < 4.78 is 5.28. The van der Waals surface area contributed by atoms with E-state index in [4.69, 9.17) is 10.6 Å². The second kappa shape index (κ2) is 7.21. The molecule has 1 fully saturated rings. The number of nitrogens with one attached hydrogen (secondary N) is 2. The second-order valence-electron chi connectivity index (χ2n) is 3.91. The summed E-state index contributed by atoms with van der Waals surface area (Å²) in [4.78, 5) is 24.6. The highest BCUT2D eigenvalue weighted by Gasteiger charge is 2.28. The molecule has 1 heterocycles. The minimum Gasteiger partial charge on any atom is -0.378 e. The van der Waals surface area contributed by atoms with Gasteiger partial charge in [0.1, 0.15) is 6.04 Å². The highest BCUT2D eigenvalue weighted by molar-refractivity contribution is 5.81. The molecule has 1 aliphatic rings. The van der Waals surface area contributed by atoms with Crippen LogP contribution >= 0.6 is 0 Å². The quantitative estimate of drug-likeness (QED) is 0.301. The molecule has 0 aromatic carbocycles. The van der Waals surface area contributed by atoms with E-state index >= 15 is 0 Å². The van der Waals surface area contributed by atoms with Gasteiger partial charge >= 0.3 is 0 Å². The number of amides is 2. The monoisotopic (exact) mass is 244 g/mol. The summed E-state index contributed by atoms with van der Waals surface area (Å²) in [6.07, 6.45) is 1.05. The molecule has 0 spiro atoms. The Hall–Kier alpha value is -1.18. The second-order valence-corrected chi connectivity index (χ2v) is 3.91. The van der Waals surface area contributed by atoms with Gasteiger partial charge in [-0.2, -0.15) is 0 Å². The first-order chi connectivity index (χ1) is 8.19. The van der Waals surface area contributed by atoms with Crippen molar-refractivity contribution in [1.82, 2.24) is 15.6 Å². The lowest BCUT2D eigenvalue weighted by molar-refractivity contribution is -0.132.